The van der Waals surface area contributed by atoms with E-state index < -0.39 is 17.9 Å². The van der Waals surface area contributed by atoms with E-state index in [2.05, 4.69) is 20.9 Å². The number of carbonyl (C=O) groups excluding carboxylic acids is 2. The van der Waals surface area contributed by atoms with E-state index in [0.717, 1.165) is 31.2 Å². The Labute approximate surface area is 245 Å². The van der Waals surface area contributed by atoms with Crippen LogP contribution in [0.5, 0.6) is 0 Å². The summed E-state index contributed by atoms with van der Waals surface area (Å²) in [4.78, 5) is 30.9. The number of imidazole rings is 1. The Balaban J connectivity index is 1.12. The van der Waals surface area contributed by atoms with Crippen LogP contribution in [0.1, 0.15) is 116 Å². The molecule has 4 saturated carbocycles. The molecule has 0 aliphatic heterocycles. The Morgan fingerprint density at radius 1 is 0.977 bits per heavy atom. The lowest BCUT2D eigenvalue weighted by Crippen LogP contribution is -2.39. The number of hydrogen-bond acceptors (Lipinski definition) is 6. The molecule has 0 aromatic carbocycles. The summed E-state index contributed by atoms with van der Waals surface area (Å²) in [5.41, 5.74) is 2.74. The molecule has 1 unspecified atom stereocenters. The van der Waals surface area contributed by atoms with E-state index in [1.165, 1.54) is 6.26 Å². The van der Waals surface area contributed by atoms with Crippen molar-refractivity contribution in [2.24, 2.45) is 17.8 Å². The number of amides is 2. The number of nitrogens with one attached hydrogen (secondary N) is 2. The molecule has 3 heterocycles. The SMILES string of the molecule is O=C(CC1CC(F)(F)C1)NC(c1cnn2cc([C@@H](NC(=O)c3conc3C3CC3)C3CCC(F)(F)CC3)nc2c1)C1CC1. The van der Waals surface area contributed by atoms with Crippen molar-refractivity contribution in [3.05, 3.63) is 47.2 Å². The molecular formula is C30H34F4N6O3. The van der Waals surface area contributed by atoms with E-state index >= 15 is 0 Å². The Hall–Kier alpha value is -3.51. The molecule has 4 fully saturated rings. The van der Waals surface area contributed by atoms with Gasteiger partial charge in [0.15, 0.2) is 5.65 Å². The summed E-state index contributed by atoms with van der Waals surface area (Å²) in [5, 5.41) is 14.6. The van der Waals surface area contributed by atoms with Crippen molar-refractivity contribution in [1.82, 2.24) is 30.4 Å². The van der Waals surface area contributed by atoms with Crippen LogP contribution >= 0.6 is 0 Å². The van der Waals surface area contributed by atoms with Crippen LogP contribution < -0.4 is 10.6 Å². The van der Waals surface area contributed by atoms with Crippen molar-refractivity contribution in [3.63, 3.8) is 0 Å². The first-order valence-electron chi connectivity index (χ1n) is 15.2. The lowest BCUT2D eigenvalue weighted by molar-refractivity contribution is -0.134. The van der Waals surface area contributed by atoms with Gasteiger partial charge in [-0.15, -0.1) is 0 Å². The van der Waals surface area contributed by atoms with Gasteiger partial charge in [-0.1, -0.05) is 5.16 Å². The van der Waals surface area contributed by atoms with E-state index in [0.29, 0.717) is 22.6 Å². The fourth-order valence-corrected chi connectivity index (χ4v) is 6.67. The molecule has 43 heavy (non-hydrogen) atoms. The zero-order chi connectivity index (χ0) is 29.9. The van der Waals surface area contributed by atoms with Gasteiger partial charge in [-0.25, -0.2) is 27.1 Å². The van der Waals surface area contributed by atoms with Crippen LogP contribution in [-0.4, -0.2) is 43.4 Å². The lowest BCUT2D eigenvalue weighted by Gasteiger charge is -2.34. The van der Waals surface area contributed by atoms with Crippen LogP contribution in [0.25, 0.3) is 5.65 Å². The molecule has 9 nitrogen and oxygen atoms in total. The minimum Gasteiger partial charge on any atom is -0.364 e. The molecule has 230 valence electrons. The molecule has 3 aromatic rings. The molecule has 0 bridgehead atoms. The summed E-state index contributed by atoms with van der Waals surface area (Å²) < 4.78 is 61.3. The molecule has 7 rings (SSSR count). The number of alkyl halides is 4. The third-order valence-corrected chi connectivity index (χ3v) is 9.42. The molecule has 2 N–H and O–H groups in total. The van der Waals surface area contributed by atoms with Crippen LogP contribution in [0.4, 0.5) is 17.6 Å². The summed E-state index contributed by atoms with van der Waals surface area (Å²) in [7, 11) is 0. The fourth-order valence-electron chi connectivity index (χ4n) is 6.67. The van der Waals surface area contributed by atoms with Gasteiger partial charge >= 0.3 is 0 Å². The quantitative estimate of drug-likeness (QED) is 0.280. The van der Waals surface area contributed by atoms with Gasteiger partial charge in [-0.2, -0.15) is 5.10 Å². The number of nitrogens with zero attached hydrogens (tertiary/aromatic N) is 4. The number of aromatic nitrogens is 4. The van der Waals surface area contributed by atoms with E-state index in [1.807, 2.05) is 6.07 Å². The standard InChI is InChI=1S/C30H34F4N6O3/c31-29(32)7-5-19(6-8-29)27(38-28(42)21-15-43-39-26(21)18-3-4-18)22-14-40-23(36-22)10-20(13-35-40)25(17-1-2-17)37-24(41)9-16-11-30(33,34)12-16/h10,13-19,25,27H,1-9,11-12H2,(H,37,41)(H,38,42)/t25?,27-/m0/s1. The average Bonchev–Trinajstić information content (AvgIpc) is 3.87. The molecule has 3 aromatic heterocycles. The van der Waals surface area contributed by atoms with E-state index in [1.54, 1.807) is 16.9 Å². The second kappa shape index (κ2) is 10.6. The zero-order valence-corrected chi connectivity index (χ0v) is 23.6. The summed E-state index contributed by atoms with van der Waals surface area (Å²) in [5.74, 6) is -6.17. The largest absolute Gasteiger partial charge is 0.364 e. The highest BCUT2D eigenvalue weighted by molar-refractivity contribution is 5.95. The maximum absolute atomic E-state index is 14.1. The predicted molar refractivity (Wildman–Crippen MR) is 144 cm³/mol. The first kappa shape index (κ1) is 28.3. The van der Waals surface area contributed by atoms with Crippen LogP contribution in [0.3, 0.4) is 0 Å². The van der Waals surface area contributed by atoms with Crippen LogP contribution in [0.15, 0.2) is 29.2 Å². The zero-order valence-electron chi connectivity index (χ0n) is 23.6. The highest BCUT2D eigenvalue weighted by Gasteiger charge is 2.46. The number of carbonyl (C=O) groups is 2. The smallest absolute Gasteiger partial charge is 0.257 e. The van der Waals surface area contributed by atoms with Crippen molar-refractivity contribution in [2.75, 3.05) is 0 Å². The van der Waals surface area contributed by atoms with Gasteiger partial charge in [-0.05, 0) is 67.9 Å². The normalized spacial score (nSPS) is 23.4. The maximum atomic E-state index is 14.1. The average molecular weight is 603 g/mol. The van der Waals surface area contributed by atoms with Gasteiger partial charge in [0, 0.05) is 38.0 Å². The van der Waals surface area contributed by atoms with Crippen LogP contribution in [-0.2, 0) is 4.79 Å². The minimum absolute atomic E-state index is 0.0679. The molecular weight excluding hydrogens is 568 g/mol. The van der Waals surface area contributed by atoms with Crippen molar-refractivity contribution in [1.29, 1.82) is 0 Å². The highest BCUT2D eigenvalue weighted by atomic mass is 19.3. The molecule has 4 aliphatic carbocycles. The topological polar surface area (TPSA) is 114 Å². The number of hydrogen-bond donors (Lipinski definition) is 2. The van der Waals surface area contributed by atoms with Crippen molar-refractivity contribution in [2.45, 2.75) is 100 Å². The second-order valence-electron chi connectivity index (χ2n) is 13.0. The summed E-state index contributed by atoms with van der Waals surface area (Å²) >= 11 is 0. The summed E-state index contributed by atoms with van der Waals surface area (Å²) in [6, 6.07) is 0.891. The van der Waals surface area contributed by atoms with Gasteiger partial charge in [0.1, 0.15) is 11.8 Å². The Bertz CT molecular complexity index is 1510. The molecule has 13 heteroatoms. The van der Waals surface area contributed by atoms with Gasteiger partial charge in [-0.3, -0.25) is 9.59 Å². The van der Waals surface area contributed by atoms with Gasteiger partial charge in [0.25, 0.3) is 5.91 Å². The third kappa shape index (κ3) is 6.12. The molecule has 0 saturated heterocycles. The first-order valence-corrected chi connectivity index (χ1v) is 15.2. The van der Waals surface area contributed by atoms with E-state index in [4.69, 9.17) is 9.51 Å². The molecule has 0 radical (unpaired) electrons. The van der Waals surface area contributed by atoms with E-state index in [-0.39, 0.29) is 86.5 Å². The van der Waals surface area contributed by atoms with Gasteiger partial charge < -0.3 is 15.2 Å². The fraction of sp³-hybridized carbons (Fsp3) is 0.633. The predicted octanol–water partition coefficient (Wildman–Crippen LogP) is 5.89. The van der Waals surface area contributed by atoms with Crippen LogP contribution in [0, 0.1) is 17.8 Å². The van der Waals surface area contributed by atoms with Crippen LogP contribution in [0.2, 0.25) is 0 Å². The van der Waals surface area contributed by atoms with Gasteiger partial charge in [0.05, 0.1) is 35.9 Å². The number of halogens is 4. The second-order valence-corrected chi connectivity index (χ2v) is 13.0. The lowest BCUT2D eigenvalue weighted by atomic mass is 9.79. The molecule has 0 spiro atoms. The maximum Gasteiger partial charge on any atom is 0.257 e. The van der Waals surface area contributed by atoms with Crippen molar-refractivity contribution < 1.29 is 31.7 Å². The van der Waals surface area contributed by atoms with Crippen molar-refractivity contribution in [3.8, 4) is 0 Å². The number of rotatable bonds is 10. The summed E-state index contributed by atoms with van der Waals surface area (Å²) in [6.45, 7) is 0. The monoisotopic (exact) mass is 602 g/mol. The summed E-state index contributed by atoms with van der Waals surface area (Å²) in [6.07, 6.45) is 7.92. The van der Waals surface area contributed by atoms with Crippen molar-refractivity contribution >= 4 is 17.5 Å². The van der Waals surface area contributed by atoms with E-state index in [9.17, 15) is 27.2 Å². The van der Waals surface area contributed by atoms with Gasteiger partial charge in [0.2, 0.25) is 17.8 Å². The Morgan fingerprint density at radius 3 is 2.37 bits per heavy atom. The molecule has 2 amide bonds. The highest BCUT2D eigenvalue weighted by Crippen LogP contribution is 2.46. The third-order valence-electron chi connectivity index (χ3n) is 9.42. The number of fused-ring (bicyclic) bond motifs is 1. The Morgan fingerprint density at radius 2 is 1.70 bits per heavy atom. The first-order chi connectivity index (χ1) is 20.5. The molecule has 4 aliphatic rings. The molecule has 2 atom stereocenters. The Kier molecular flexibility index (Phi) is 6.96. The minimum atomic E-state index is -2.73.